The van der Waals surface area contributed by atoms with Crippen molar-refractivity contribution < 1.29 is 4.74 Å². The SMILES string of the molecule is Cn1cc(OCc2ccccc2CCNC(C)(C)C)cn1. The van der Waals surface area contributed by atoms with Crippen molar-refractivity contribution in [2.45, 2.75) is 39.3 Å². The molecule has 2 aromatic rings. The third-order valence-corrected chi connectivity index (χ3v) is 3.24. The highest BCUT2D eigenvalue weighted by atomic mass is 16.5. The van der Waals surface area contributed by atoms with Crippen LogP contribution in [-0.4, -0.2) is 21.9 Å². The van der Waals surface area contributed by atoms with Crippen molar-refractivity contribution in [1.29, 1.82) is 0 Å². The summed E-state index contributed by atoms with van der Waals surface area (Å²) < 4.78 is 7.54. The van der Waals surface area contributed by atoms with Crippen LogP contribution in [0.1, 0.15) is 31.9 Å². The molecule has 1 N–H and O–H groups in total. The predicted octanol–water partition coefficient (Wildman–Crippen LogP) is 2.93. The maximum Gasteiger partial charge on any atom is 0.157 e. The molecule has 0 atom stereocenters. The van der Waals surface area contributed by atoms with Gasteiger partial charge < -0.3 is 10.1 Å². The van der Waals surface area contributed by atoms with E-state index in [1.165, 1.54) is 11.1 Å². The van der Waals surface area contributed by atoms with Crippen LogP contribution in [0.3, 0.4) is 0 Å². The molecule has 0 aliphatic rings. The predicted molar refractivity (Wildman–Crippen MR) is 85.4 cm³/mol. The van der Waals surface area contributed by atoms with Gasteiger partial charge >= 0.3 is 0 Å². The number of hydrogen-bond acceptors (Lipinski definition) is 3. The van der Waals surface area contributed by atoms with E-state index in [1.54, 1.807) is 10.9 Å². The molecule has 1 aromatic heterocycles. The Bertz CT molecular complexity index is 569. The maximum atomic E-state index is 5.80. The van der Waals surface area contributed by atoms with Crippen LogP contribution in [-0.2, 0) is 20.1 Å². The summed E-state index contributed by atoms with van der Waals surface area (Å²) in [6.45, 7) is 8.10. The lowest BCUT2D eigenvalue weighted by Gasteiger charge is -2.21. The van der Waals surface area contributed by atoms with Gasteiger partial charge in [-0.1, -0.05) is 24.3 Å². The molecule has 4 nitrogen and oxygen atoms in total. The van der Waals surface area contributed by atoms with Crippen LogP contribution in [0, 0.1) is 0 Å². The number of nitrogens with one attached hydrogen (secondary N) is 1. The first-order chi connectivity index (χ1) is 9.94. The minimum absolute atomic E-state index is 0.154. The van der Waals surface area contributed by atoms with Crippen LogP contribution in [0.2, 0.25) is 0 Å². The largest absolute Gasteiger partial charge is 0.486 e. The van der Waals surface area contributed by atoms with Crippen molar-refractivity contribution in [1.82, 2.24) is 15.1 Å². The van der Waals surface area contributed by atoms with Gasteiger partial charge in [-0.15, -0.1) is 0 Å². The molecule has 1 aromatic carbocycles. The van der Waals surface area contributed by atoms with Crippen molar-refractivity contribution in [2.24, 2.45) is 7.05 Å². The Morgan fingerprint density at radius 2 is 1.90 bits per heavy atom. The molecular weight excluding hydrogens is 262 g/mol. The lowest BCUT2D eigenvalue weighted by Crippen LogP contribution is -2.37. The smallest absolute Gasteiger partial charge is 0.157 e. The van der Waals surface area contributed by atoms with Crippen LogP contribution in [0.15, 0.2) is 36.7 Å². The van der Waals surface area contributed by atoms with Crippen molar-refractivity contribution in [3.8, 4) is 5.75 Å². The fourth-order valence-corrected chi connectivity index (χ4v) is 2.15. The molecule has 0 radical (unpaired) electrons. The topological polar surface area (TPSA) is 39.1 Å². The van der Waals surface area contributed by atoms with E-state index < -0.39 is 0 Å². The molecule has 21 heavy (non-hydrogen) atoms. The van der Waals surface area contributed by atoms with E-state index >= 15 is 0 Å². The molecule has 0 amide bonds. The van der Waals surface area contributed by atoms with E-state index in [0.29, 0.717) is 6.61 Å². The Labute approximate surface area is 127 Å². The highest BCUT2D eigenvalue weighted by molar-refractivity contribution is 5.27. The average Bonchev–Trinajstić information content (AvgIpc) is 2.82. The molecule has 0 saturated carbocycles. The Morgan fingerprint density at radius 3 is 2.52 bits per heavy atom. The standard InChI is InChI=1S/C17H25N3O/c1-17(2,3)18-10-9-14-7-5-6-8-15(14)13-21-16-11-19-20(4)12-16/h5-8,11-12,18H,9-10,13H2,1-4H3. The Hall–Kier alpha value is -1.81. The summed E-state index contributed by atoms with van der Waals surface area (Å²) in [4.78, 5) is 0. The molecule has 0 aliphatic carbocycles. The third-order valence-electron chi connectivity index (χ3n) is 3.24. The third kappa shape index (κ3) is 5.23. The van der Waals surface area contributed by atoms with E-state index in [0.717, 1.165) is 18.7 Å². The summed E-state index contributed by atoms with van der Waals surface area (Å²) in [6, 6.07) is 8.44. The Kier molecular flexibility index (Phi) is 5.02. The normalized spacial score (nSPS) is 11.6. The lowest BCUT2D eigenvalue weighted by molar-refractivity contribution is 0.304. The number of nitrogens with zero attached hydrogens (tertiary/aromatic N) is 2. The minimum atomic E-state index is 0.154. The minimum Gasteiger partial charge on any atom is -0.486 e. The molecule has 114 valence electrons. The van der Waals surface area contributed by atoms with Crippen LogP contribution >= 0.6 is 0 Å². The van der Waals surface area contributed by atoms with Gasteiger partial charge in [0, 0.05) is 12.6 Å². The van der Waals surface area contributed by atoms with Crippen LogP contribution in [0.25, 0.3) is 0 Å². The van der Waals surface area contributed by atoms with Crippen molar-refractivity contribution >= 4 is 0 Å². The van der Waals surface area contributed by atoms with Crippen molar-refractivity contribution in [3.63, 3.8) is 0 Å². The van der Waals surface area contributed by atoms with Crippen LogP contribution in [0.4, 0.5) is 0 Å². The van der Waals surface area contributed by atoms with Crippen LogP contribution < -0.4 is 10.1 Å². The molecule has 4 heteroatoms. The van der Waals surface area contributed by atoms with Gasteiger partial charge in [0.2, 0.25) is 0 Å². The number of benzene rings is 1. The number of aryl methyl sites for hydroxylation is 1. The molecule has 0 spiro atoms. The van der Waals surface area contributed by atoms with E-state index in [-0.39, 0.29) is 5.54 Å². The summed E-state index contributed by atoms with van der Waals surface area (Å²) in [5.74, 6) is 0.806. The van der Waals surface area contributed by atoms with E-state index in [9.17, 15) is 0 Å². The molecular formula is C17H25N3O. The highest BCUT2D eigenvalue weighted by Gasteiger charge is 2.09. The fourth-order valence-electron chi connectivity index (χ4n) is 2.15. The number of aromatic nitrogens is 2. The highest BCUT2D eigenvalue weighted by Crippen LogP contribution is 2.14. The second-order valence-electron chi connectivity index (χ2n) is 6.33. The van der Waals surface area contributed by atoms with Gasteiger partial charge in [-0.05, 0) is 44.9 Å². The van der Waals surface area contributed by atoms with Crippen LogP contribution in [0.5, 0.6) is 5.75 Å². The summed E-state index contributed by atoms with van der Waals surface area (Å²) in [5, 5.41) is 7.63. The summed E-state index contributed by atoms with van der Waals surface area (Å²) >= 11 is 0. The molecule has 1 heterocycles. The maximum absolute atomic E-state index is 5.80. The van der Waals surface area contributed by atoms with Gasteiger partial charge in [0.15, 0.2) is 5.75 Å². The number of hydrogen-bond donors (Lipinski definition) is 1. The summed E-state index contributed by atoms with van der Waals surface area (Å²) in [7, 11) is 1.89. The Morgan fingerprint density at radius 1 is 1.19 bits per heavy atom. The first-order valence-electron chi connectivity index (χ1n) is 7.37. The second kappa shape index (κ2) is 6.76. The monoisotopic (exact) mass is 287 g/mol. The van der Waals surface area contributed by atoms with Gasteiger partial charge in [0.05, 0.1) is 12.4 Å². The van der Waals surface area contributed by atoms with Gasteiger partial charge in [0.1, 0.15) is 6.61 Å². The first kappa shape index (κ1) is 15.6. The Balaban J connectivity index is 1.93. The number of rotatable bonds is 6. The average molecular weight is 287 g/mol. The summed E-state index contributed by atoms with van der Waals surface area (Å²) in [6.07, 6.45) is 4.62. The zero-order chi connectivity index (χ0) is 15.3. The molecule has 2 rings (SSSR count). The van der Waals surface area contributed by atoms with Gasteiger partial charge in [0.25, 0.3) is 0 Å². The fraction of sp³-hybridized carbons (Fsp3) is 0.471. The van der Waals surface area contributed by atoms with Gasteiger partial charge in [-0.25, -0.2) is 0 Å². The number of ether oxygens (including phenoxy) is 1. The van der Waals surface area contributed by atoms with E-state index in [4.69, 9.17) is 4.74 Å². The molecule has 0 unspecified atom stereocenters. The molecule has 0 bridgehead atoms. The first-order valence-corrected chi connectivity index (χ1v) is 7.37. The zero-order valence-corrected chi connectivity index (χ0v) is 13.4. The quantitative estimate of drug-likeness (QED) is 0.888. The van der Waals surface area contributed by atoms with Crippen molar-refractivity contribution in [3.05, 3.63) is 47.8 Å². The molecule has 0 aliphatic heterocycles. The second-order valence-corrected chi connectivity index (χ2v) is 6.33. The van der Waals surface area contributed by atoms with Crippen molar-refractivity contribution in [2.75, 3.05) is 6.54 Å². The van der Waals surface area contributed by atoms with E-state index in [1.807, 2.05) is 13.2 Å². The molecule has 0 fully saturated rings. The van der Waals surface area contributed by atoms with Gasteiger partial charge in [-0.2, -0.15) is 5.10 Å². The van der Waals surface area contributed by atoms with Gasteiger partial charge in [-0.3, -0.25) is 4.68 Å². The zero-order valence-electron chi connectivity index (χ0n) is 13.4. The molecule has 0 saturated heterocycles. The van der Waals surface area contributed by atoms with E-state index in [2.05, 4.69) is 55.5 Å². The summed E-state index contributed by atoms with van der Waals surface area (Å²) in [5.41, 5.74) is 2.72. The lowest BCUT2D eigenvalue weighted by atomic mass is 10.0.